The molecule has 0 aromatic heterocycles. The highest BCUT2D eigenvalue weighted by Crippen LogP contribution is 2.33. The zero-order chi connectivity index (χ0) is 23.3. The molecule has 5 nitrogen and oxygen atoms in total. The lowest BCUT2D eigenvalue weighted by Crippen LogP contribution is -2.39. The zero-order valence-electron chi connectivity index (χ0n) is 17.1. The van der Waals surface area contributed by atoms with Gasteiger partial charge in [-0.25, -0.2) is 0 Å². The Labute approximate surface area is 191 Å². The summed E-state index contributed by atoms with van der Waals surface area (Å²) in [5.74, 6) is 0.103. The van der Waals surface area contributed by atoms with Crippen LogP contribution in [0.4, 0.5) is 13.2 Å². The summed E-state index contributed by atoms with van der Waals surface area (Å²) in [6.07, 6.45) is -0.415. The first-order chi connectivity index (χ1) is 15.1. The van der Waals surface area contributed by atoms with Gasteiger partial charge in [-0.2, -0.15) is 13.2 Å². The van der Waals surface area contributed by atoms with Crippen molar-refractivity contribution in [1.82, 2.24) is 10.3 Å². The summed E-state index contributed by atoms with van der Waals surface area (Å²) in [6, 6.07) is 8.53. The second kappa shape index (κ2) is 10.7. The molecule has 4 N–H and O–H groups in total. The van der Waals surface area contributed by atoms with Gasteiger partial charge in [0, 0.05) is 23.5 Å². The van der Waals surface area contributed by atoms with E-state index in [0.717, 1.165) is 12.5 Å². The molecular formula is C21H23BClF3N2O3Si. The Bertz CT molecular complexity index is 995. The van der Waals surface area contributed by atoms with Crippen molar-refractivity contribution in [1.29, 1.82) is 0 Å². The summed E-state index contributed by atoms with van der Waals surface area (Å²) in [7, 11) is -2.46. The smallest absolute Gasteiger partial charge is 0.423 e. The van der Waals surface area contributed by atoms with E-state index < -0.39 is 28.5 Å². The molecule has 1 amide bonds. The van der Waals surface area contributed by atoms with E-state index in [1.807, 2.05) is 0 Å². The van der Waals surface area contributed by atoms with Gasteiger partial charge in [0.15, 0.2) is 0 Å². The second-order valence-corrected chi connectivity index (χ2v) is 10.0. The fraction of sp³-hybridized carbons (Fsp3) is 0.286. The monoisotopic (exact) mass is 482 g/mol. The lowest BCUT2D eigenvalue weighted by molar-refractivity contribution is -0.137. The second-order valence-electron chi connectivity index (χ2n) is 7.72. The molecular weight excluding hydrogens is 460 g/mol. The zero-order valence-corrected chi connectivity index (χ0v) is 19.3. The minimum atomic E-state index is -4.52. The van der Waals surface area contributed by atoms with Crippen molar-refractivity contribution in [3.63, 3.8) is 0 Å². The van der Waals surface area contributed by atoms with Gasteiger partial charge in [0.1, 0.15) is 9.68 Å². The number of alkyl halides is 3. The molecule has 1 atom stereocenters. The summed E-state index contributed by atoms with van der Waals surface area (Å²) in [6.45, 7) is 1.12. The SMILES string of the molecule is O=C1CC[C@@H](CNCc2ccc(C(F)(F)F)c(/C=C/c3cccc(B(O)O)c3Cl)c2)[SiH2]N1. The largest absolute Gasteiger partial charge is 0.489 e. The molecule has 1 saturated heterocycles. The molecule has 1 aliphatic heterocycles. The van der Waals surface area contributed by atoms with Crippen LogP contribution < -0.4 is 15.8 Å². The van der Waals surface area contributed by atoms with Crippen LogP contribution in [0, 0.1) is 0 Å². The first-order valence-corrected chi connectivity index (χ1v) is 12.1. The lowest BCUT2D eigenvalue weighted by atomic mass is 9.79. The highest BCUT2D eigenvalue weighted by atomic mass is 35.5. The molecule has 0 unspecified atom stereocenters. The maximum atomic E-state index is 13.5. The predicted octanol–water partition coefficient (Wildman–Crippen LogP) is 2.08. The maximum Gasteiger partial charge on any atom is 0.489 e. The van der Waals surface area contributed by atoms with Gasteiger partial charge in [0.25, 0.3) is 0 Å². The van der Waals surface area contributed by atoms with Crippen molar-refractivity contribution in [3.8, 4) is 0 Å². The Kier molecular flexibility index (Phi) is 8.18. The van der Waals surface area contributed by atoms with Crippen molar-refractivity contribution in [2.24, 2.45) is 0 Å². The molecule has 1 fully saturated rings. The van der Waals surface area contributed by atoms with Crippen molar-refractivity contribution in [2.45, 2.75) is 31.1 Å². The minimum absolute atomic E-state index is 0.0119. The van der Waals surface area contributed by atoms with Crippen molar-refractivity contribution in [2.75, 3.05) is 6.54 Å². The van der Waals surface area contributed by atoms with Crippen LogP contribution in [0.3, 0.4) is 0 Å². The highest BCUT2D eigenvalue weighted by Gasteiger charge is 2.32. The van der Waals surface area contributed by atoms with Gasteiger partial charge >= 0.3 is 13.3 Å². The average Bonchev–Trinajstić information content (AvgIpc) is 2.73. The molecule has 0 radical (unpaired) electrons. The third-order valence-electron chi connectivity index (χ3n) is 5.33. The molecule has 0 aliphatic carbocycles. The van der Waals surface area contributed by atoms with Gasteiger partial charge in [-0.05, 0) is 47.3 Å². The van der Waals surface area contributed by atoms with Crippen LogP contribution in [0.1, 0.15) is 35.1 Å². The number of carbonyl (C=O) groups excluding carboxylic acids is 1. The molecule has 3 rings (SSSR count). The fourth-order valence-electron chi connectivity index (χ4n) is 3.57. The number of benzene rings is 2. The first kappa shape index (κ1) is 24.5. The average molecular weight is 483 g/mol. The van der Waals surface area contributed by atoms with Crippen molar-refractivity contribution in [3.05, 3.63) is 63.7 Å². The number of amides is 1. The van der Waals surface area contributed by atoms with Gasteiger partial charge in [-0.15, -0.1) is 0 Å². The molecule has 0 saturated carbocycles. The van der Waals surface area contributed by atoms with Gasteiger partial charge in [-0.1, -0.05) is 48.0 Å². The van der Waals surface area contributed by atoms with E-state index in [-0.39, 0.29) is 22.0 Å². The van der Waals surface area contributed by atoms with E-state index in [2.05, 4.69) is 10.3 Å². The number of halogens is 4. The van der Waals surface area contributed by atoms with E-state index >= 15 is 0 Å². The standard InChI is InChI=1S/C21H23BClF3N2O3Si/c23-20-14(2-1-3-18(20)22(30)31)5-6-15-10-13(4-8-17(15)21(24,25)26)11-27-12-16-7-9-19(29)28-32-16/h1-6,8,10,16,27,30-31H,7,9,11-12,32H2,(H,28,29)/b6-5+/t16-/m0/s1. The Hall–Kier alpha value is -2.11. The molecule has 32 heavy (non-hydrogen) atoms. The summed E-state index contributed by atoms with van der Waals surface area (Å²) >= 11 is 6.16. The van der Waals surface area contributed by atoms with Crippen LogP contribution in [-0.2, 0) is 17.5 Å². The Morgan fingerprint density at radius 1 is 1.22 bits per heavy atom. The quantitative estimate of drug-likeness (QED) is 0.360. The Morgan fingerprint density at radius 2 is 1.97 bits per heavy atom. The molecule has 0 bridgehead atoms. The number of carbonyl (C=O) groups is 1. The van der Waals surface area contributed by atoms with E-state index in [9.17, 15) is 28.0 Å². The van der Waals surface area contributed by atoms with Crippen LogP contribution in [0.25, 0.3) is 12.2 Å². The minimum Gasteiger partial charge on any atom is -0.423 e. The Balaban J connectivity index is 1.77. The Morgan fingerprint density at radius 3 is 2.62 bits per heavy atom. The van der Waals surface area contributed by atoms with Crippen molar-refractivity contribution >= 4 is 51.9 Å². The van der Waals surface area contributed by atoms with Crippen LogP contribution in [0.2, 0.25) is 10.6 Å². The molecule has 2 aromatic rings. The molecule has 0 spiro atoms. The van der Waals surface area contributed by atoms with Crippen LogP contribution in [-0.4, -0.2) is 39.3 Å². The maximum absolute atomic E-state index is 13.5. The van der Waals surface area contributed by atoms with Gasteiger partial charge < -0.3 is 20.3 Å². The topological polar surface area (TPSA) is 81.6 Å². The van der Waals surface area contributed by atoms with Gasteiger partial charge in [-0.3, -0.25) is 4.79 Å². The summed E-state index contributed by atoms with van der Waals surface area (Å²) < 4.78 is 40.5. The summed E-state index contributed by atoms with van der Waals surface area (Å²) in [4.78, 5) is 14.2. The summed E-state index contributed by atoms with van der Waals surface area (Å²) in [5, 5.41) is 22.1. The predicted molar refractivity (Wildman–Crippen MR) is 123 cm³/mol. The van der Waals surface area contributed by atoms with E-state index in [1.165, 1.54) is 30.4 Å². The van der Waals surface area contributed by atoms with E-state index in [0.29, 0.717) is 36.2 Å². The van der Waals surface area contributed by atoms with Crippen molar-refractivity contribution < 1.29 is 28.0 Å². The number of hydrogen-bond donors (Lipinski definition) is 4. The van der Waals surface area contributed by atoms with E-state index in [4.69, 9.17) is 11.6 Å². The summed E-state index contributed by atoms with van der Waals surface area (Å²) in [5.41, 5.74) is 0.794. The molecule has 11 heteroatoms. The normalized spacial score (nSPS) is 17.7. The third kappa shape index (κ3) is 6.46. The van der Waals surface area contributed by atoms with Crippen LogP contribution in [0.15, 0.2) is 36.4 Å². The molecule has 2 aromatic carbocycles. The lowest BCUT2D eigenvalue weighted by Gasteiger charge is -2.22. The van der Waals surface area contributed by atoms with E-state index in [1.54, 1.807) is 12.1 Å². The first-order valence-electron chi connectivity index (χ1n) is 10.2. The number of rotatable bonds is 7. The van der Waals surface area contributed by atoms with Crippen LogP contribution in [0.5, 0.6) is 0 Å². The van der Waals surface area contributed by atoms with Gasteiger partial charge in [0.05, 0.1) is 5.56 Å². The highest BCUT2D eigenvalue weighted by molar-refractivity contribution is 6.63. The molecule has 1 aliphatic rings. The van der Waals surface area contributed by atoms with Crippen LogP contribution >= 0.6 is 11.6 Å². The molecule has 1 heterocycles. The van der Waals surface area contributed by atoms with Gasteiger partial charge in [0.2, 0.25) is 5.91 Å². The fourth-order valence-corrected chi connectivity index (χ4v) is 5.31. The molecule has 170 valence electrons. The third-order valence-corrected chi connectivity index (χ3v) is 7.64. The number of hydrogen-bond acceptors (Lipinski definition) is 4. The number of nitrogens with one attached hydrogen (secondary N) is 2.